The van der Waals surface area contributed by atoms with Crippen molar-refractivity contribution in [2.24, 2.45) is 0 Å². The highest BCUT2D eigenvalue weighted by atomic mass is 32.1. The molecule has 2 N–H and O–H groups in total. The largest absolute Gasteiger partial charge is 0.504 e. The van der Waals surface area contributed by atoms with Gasteiger partial charge in [0.15, 0.2) is 17.1 Å². The van der Waals surface area contributed by atoms with E-state index in [1.165, 1.54) is 17.4 Å². The van der Waals surface area contributed by atoms with Gasteiger partial charge in [-0.15, -0.1) is 11.3 Å². The fourth-order valence-electron chi connectivity index (χ4n) is 3.71. The van der Waals surface area contributed by atoms with E-state index in [0.717, 1.165) is 10.9 Å². The monoisotopic (exact) mass is 432 g/mol. The summed E-state index contributed by atoms with van der Waals surface area (Å²) in [6.07, 6.45) is -0.109. The SMILES string of the molecule is Cc1cccc2cc(C(=O)Cc3csc(-c4cc5cccc(O)c5o4)c3C(=O)O)oc12. The third-order valence-corrected chi connectivity index (χ3v) is 6.24. The minimum atomic E-state index is -1.15. The molecule has 0 atom stereocenters. The molecule has 0 amide bonds. The quantitative estimate of drug-likeness (QED) is 0.328. The van der Waals surface area contributed by atoms with Gasteiger partial charge in [-0.2, -0.15) is 0 Å². The van der Waals surface area contributed by atoms with Gasteiger partial charge in [0.05, 0.1) is 10.4 Å². The van der Waals surface area contributed by atoms with Crippen molar-refractivity contribution in [2.75, 3.05) is 0 Å². The van der Waals surface area contributed by atoms with Crippen molar-refractivity contribution in [2.45, 2.75) is 13.3 Å². The van der Waals surface area contributed by atoms with Gasteiger partial charge in [-0.3, -0.25) is 4.79 Å². The van der Waals surface area contributed by atoms with Crippen LogP contribution in [0.3, 0.4) is 0 Å². The summed E-state index contributed by atoms with van der Waals surface area (Å²) in [5.74, 6) is -0.944. The number of Topliss-reactive ketones (excluding diaryl/α,β-unsaturated/α-hetero) is 1. The number of para-hydroxylation sites is 2. The summed E-state index contributed by atoms with van der Waals surface area (Å²) < 4.78 is 11.5. The van der Waals surface area contributed by atoms with Gasteiger partial charge in [0.2, 0.25) is 5.78 Å². The van der Waals surface area contributed by atoms with E-state index in [-0.39, 0.29) is 34.9 Å². The molecule has 5 rings (SSSR count). The van der Waals surface area contributed by atoms with Crippen molar-refractivity contribution < 1.29 is 28.6 Å². The molecule has 6 nitrogen and oxygen atoms in total. The number of hydrogen-bond donors (Lipinski definition) is 2. The Morgan fingerprint density at radius 1 is 1.00 bits per heavy atom. The minimum Gasteiger partial charge on any atom is -0.504 e. The molecule has 0 saturated heterocycles. The number of phenols is 1. The molecule has 0 bridgehead atoms. The number of ketones is 1. The number of aryl methyl sites for hydroxylation is 1. The second-order valence-electron chi connectivity index (χ2n) is 7.28. The molecule has 0 aliphatic carbocycles. The van der Waals surface area contributed by atoms with Crippen LogP contribution in [0.5, 0.6) is 5.75 Å². The molecule has 5 aromatic rings. The summed E-state index contributed by atoms with van der Waals surface area (Å²) in [4.78, 5) is 25.3. The van der Waals surface area contributed by atoms with Crippen LogP contribution in [0.1, 0.15) is 32.0 Å². The number of aromatic hydroxyl groups is 1. The third kappa shape index (κ3) is 3.19. The van der Waals surface area contributed by atoms with Crippen LogP contribution < -0.4 is 0 Å². The van der Waals surface area contributed by atoms with Gasteiger partial charge in [0, 0.05) is 17.2 Å². The first-order valence-electron chi connectivity index (χ1n) is 9.50. The number of aromatic carboxylic acids is 1. The zero-order valence-corrected chi connectivity index (χ0v) is 17.2. The maximum atomic E-state index is 12.9. The molecular formula is C24H16O6S. The molecule has 3 aromatic heterocycles. The fraction of sp³-hybridized carbons (Fsp3) is 0.0833. The Balaban J connectivity index is 1.53. The highest BCUT2D eigenvalue weighted by molar-refractivity contribution is 7.14. The van der Waals surface area contributed by atoms with Crippen molar-refractivity contribution in [1.82, 2.24) is 0 Å². The van der Waals surface area contributed by atoms with Crippen LogP contribution in [-0.2, 0) is 6.42 Å². The summed E-state index contributed by atoms with van der Waals surface area (Å²) >= 11 is 1.18. The molecule has 31 heavy (non-hydrogen) atoms. The zero-order chi connectivity index (χ0) is 21.7. The van der Waals surface area contributed by atoms with Gasteiger partial charge in [-0.25, -0.2) is 4.79 Å². The van der Waals surface area contributed by atoms with Gasteiger partial charge in [-0.05, 0) is 41.6 Å². The lowest BCUT2D eigenvalue weighted by Crippen LogP contribution is -2.07. The molecule has 0 aliphatic heterocycles. The first-order chi connectivity index (χ1) is 14.9. The Hall–Kier alpha value is -3.84. The first-order valence-corrected chi connectivity index (χ1v) is 10.4. The van der Waals surface area contributed by atoms with Gasteiger partial charge in [0.1, 0.15) is 11.3 Å². The normalized spacial score (nSPS) is 11.4. The van der Waals surface area contributed by atoms with Gasteiger partial charge >= 0.3 is 5.97 Å². The zero-order valence-electron chi connectivity index (χ0n) is 16.3. The van der Waals surface area contributed by atoms with E-state index < -0.39 is 5.97 Å². The number of hydrogen-bond acceptors (Lipinski definition) is 6. The predicted molar refractivity (Wildman–Crippen MR) is 117 cm³/mol. The van der Waals surface area contributed by atoms with Crippen molar-refractivity contribution in [1.29, 1.82) is 0 Å². The number of phenolic OH excluding ortho intramolecular Hbond substituents is 1. The molecular weight excluding hydrogens is 416 g/mol. The van der Waals surface area contributed by atoms with E-state index >= 15 is 0 Å². The maximum Gasteiger partial charge on any atom is 0.337 e. The van der Waals surface area contributed by atoms with E-state index in [2.05, 4.69) is 0 Å². The Kier molecular flexibility index (Phi) is 4.41. The van der Waals surface area contributed by atoms with Crippen LogP contribution in [0, 0.1) is 6.92 Å². The van der Waals surface area contributed by atoms with Crippen LogP contribution in [0.15, 0.2) is 62.7 Å². The van der Waals surface area contributed by atoms with Crippen LogP contribution in [-0.4, -0.2) is 22.0 Å². The number of carbonyl (C=O) groups excluding carboxylic acids is 1. The first kappa shape index (κ1) is 19.1. The maximum absolute atomic E-state index is 12.9. The topological polar surface area (TPSA) is 101 Å². The lowest BCUT2D eigenvalue weighted by molar-refractivity contribution is 0.0697. The third-order valence-electron chi connectivity index (χ3n) is 5.19. The number of benzene rings is 2. The lowest BCUT2D eigenvalue weighted by atomic mass is 10.0. The fourth-order valence-corrected chi connectivity index (χ4v) is 4.72. The number of carbonyl (C=O) groups is 2. The van der Waals surface area contributed by atoms with E-state index in [1.54, 1.807) is 29.6 Å². The number of carboxylic acids is 1. The Morgan fingerprint density at radius 2 is 1.74 bits per heavy atom. The Bertz CT molecular complexity index is 1480. The molecule has 2 aromatic carbocycles. The molecule has 0 saturated carbocycles. The van der Waals surface area contributed by atoms with E-state index in [9.17, 15) is 19.8 Å². The van der Waals surface area contributed by atoms with E-state index in [0.29, 0.717) is 27.2 Å². The second-order valence-corrected chi connectivity index (χ2v) is 8.16. The molecule has 0 spiro atoms. The van der Waals surface area contributed by atoms with Crippen LogP contribution in [0.4, 0.5) is 0 Å². The smallest absolute Gasteiger partial charge is 0.337 e. The number of fused-ring (bicyclic) bond motifs is 2. The summed E-state index contributed by atoms with van der Waals surface area (Å²) in [6.45, 7) is 1.90. The van der Waals surface area contributed by atoms with Gasteiger partial charge < -0.3 is 19.0 Å². The van der Waals surface area contributed by atoms with E-state index in [4.69, 9.17) is 8.83 Å². The molecule has 0 fully saturated rings. The highest BCUT2D eigenvalue weighted by Crippen LogP contribution is 2.39. The number of rotatable bonds is 5. The molecule has 3 heterocycles. The van der Waals surface area contributed by atoms with Gasteiger partial charge in [-0.1, -0.05) is 30.3 Å². The predicted octanol–water partition coefficient (Wildman–Crippen LogP) is 6.05. The van der Waals surface area contributed by atoms with Crippen molar-refractivity contribution in [3.63, 3.8) is 0 Å². The lowest BCUT2D eigenvalue weighted by Gasteiger charge is -2.01. The van der Waals surface area contributed by atoms with Crippen molar-refractivity contribution in [3.05, 3.63) is 76.4 Å². The number of furan rings is 2. The van der Waals surface area contributed by atoms with Crippen molar-refractivity contribution in [3.8, 4) is 16.4 Å². The highest BCUT2D eigenvalue weighted by Gasteiger charge is 2.25. The summed E-state index contributed by atoms with van der Waals surface area (Å²) in [7, 11) is 0. The molecule has 0 aliphatic rings. The second kappa shape index (κ2) is 7.14. The Morgan fingerprint density at radius 3 is 2.45 bits per heavy atom. The van der Waals surface area contributed by atoms with Crippen LogP contribution in [0.25, 0.3) is 32.6 Å². The molecule has 154 valence electrons. The standard InChI is InChI=1S/C24H16O6S/c1-12-4-2-5-13-9-18(29-21(12)13)17(26)8-15-11-31-23(20(15)24(27)28)19-10-14-6-3-7-16(25)22(14)30-19/h2-7,9-11,25H,8H2,1H3,(H,27,28). The van der Waals surface area contributed by atoms with Gasteiger partial charge in [0.25, 0.3) is 0 Å². The van der Waals surface area contributed by atoms with Crippen LogP contribution >= 0.6 is 11.3 Å². The molecule has 0 radical (unpaired) electrons. The van der Waals surface area contributed by atoms with Crippen LogP contribution in [0.2, 0.25) is 0 Å². The van der Waals surface area contributed by atoms with Crippen molar-refractivity contribution >= 4 is 45.0 Å². The number of thiophene rings is 1. The summed E-state index contributed by atoms with van der Waals surface area (Å²) in [6, 6.07) is 14.0. The molecule has 0 unspecified atom stereocenters. The average Bonchev–Trinajstić information content (AvgIpc) is 3.44. The number of carboxylic acid groups (broad SMARTS) is 1. The average molecular weight is 432 g/mol. The molecule has 7 heteroatoms. The summed E-state index contributed by atoms with van der Waals surface area (Å²) in [5, 5.41) is 23.0. The van der Waals surface area contributed by atoms with E-state index in [1.807, 2.05) is 25.1 Å². The summed E-state index contributed by atoms with van der Waals surface area (Å²) in [5.41, 5.74) is 2.27. The Labute approximate surface area is 180 Å². The minimum absolute atomic E-state index is 0.0178.